The second-order valence-corrected chi connectivity index (χ2v) is 9.17. The summed E-state index contributed by atoms with van der Waals surface area (Å²) in [6.07, 6.45) is -1.52. The number of aliphatic hydroxyl groups is 1. The number of nitrogens with one attached hydrogen (secondary N) is 2. The van der Waals surface area contributed by atoms with Crippen molar-refractivity contribution in [2.45, 2.75) is 68.6 Å². The van der Waals surface area contributed by atoms with Gasteiger partial charge in [0.2, 0.25) is 0 Å². The molecule has 3 N–H and O–H groups in total. The van der Waals surface area contributed by atoms with Gasteiger partial charge in [-0.25, -0.2) is 13.6 Å². The molecule has 0 bridgehead atoms. The van der Waals surface area contributed by atoms with E-state index in [9.17, 15) is 23.5 Å². The number of hydrogen-bond acceptors (Lipinski definition) is 5. The molecule has 170 valence electrons. The molecule has 31 heavy (non-hydrogen) atoms. The smallest absolute Gasteiger partial charge is 0.322 e. The molecule has 3 fully saturated rings. The minimum absolute atomic E-state index is 0.189. The van der Waals surface area contributed by atoms with Crippen LogP contribution in [0.15, 0.2) is 18.2 Å². The molecule has 7 nitrogen and oxygen atoms in total. The zero-order chi connectivity index (χ0) is 22.6. The highest BCUT2D eigenvalue weighted by atomic mass is 19.3. The molecule has 1 aliphatic carbocycles. The molecule has 1 spiro atoms. The van der Waals surface area contributed by atoms with E-state index in [0.717, 1.165) is 11.1 Å². The Morgan fingerprint density at radius 2 is 2.03 bits per heavy atom. The summed E-state index contributed by atoms with van der Waals surface area (Å²) in [7, 11) is 1.55. The number of ether oxygens (including phenoxy) is 1. The number of rotatable bonds is 4. The van der Waals surface area contributed by atoms with Gasteiger partial charge >= 0.3 is 6.03 Å². The molecule has 3 amide bonds. The zero-order valence-electron chi connectivity index (χ0n) is 18.0. The number of alkyl halides is 2. The standard InChI is InChI=1S/C22H29F2N3O4/c1-13-4-5-15(31-3)10-16(13)20-8-9-27(11-17(23)24)14(2)22(20,30)7-6-21(12-20)18(28)25-19(29)26-21/h4-5,10,14,17,30H,6-9,11-12H2,1-3H3,(H2,25,26,28,29)/t14-,20-,21+,22-/m1/s1. The number of carbonyl (C=O) groups is 2. The lowest BCUT2D eigenvalue weighted by molar-refractivity contribution is -0.174. The first-order chi connectivity index (χ1) is 14.6. The fraction of sp³-hybridized carbons (Fsp3) is 0.636. The molecule has 1 aromatic carbocycles. The monoisotopic (exact) mass is 437 g/mol. The van der Waals surface area contributed by atoms with E-state index in [0.29, 0.717) is 18.7 Å². The number of amides is 3. The normalized spacial score (nSPS) is 35.8. The van der Waals surface area contributed by atoms with Gasteiger partial charge < -0.3 is 15.2 Å². The van der Waals surface area contributed by atoms with Gasteiger partial charge in [0.1, 0.15) is 11.3 Å². The van der Waals surface area contributed by atoms with Gasteiger partial charge in [0.15, 0.2) is 0 Å². The predicted molar refractivity (Wildman–Crippen MR) is 109 cm³/mol. The minimum Gasteiger partial charge on any atom is -0.497 e. The molecule has 2 heterocycles. The van der Waals surface area contributed by atoms with Crippen LogP contribution in [0.1, 0.15) is 43.7 Å². The number of likely N-dealkylation sites (tertiary alicyclic amines) is 1. The molecule has 0 aromatic heterocycles. The summed E-state index contributed by atoms with van der Waals surface area (Å²) in [4.78, 5) is 26.4. The third-order valence-corrected chi connectivity index (χ3v) is 7.78. The Bertz CT molecular complexity index is 913. The largest absolute Gasteiger partial charge is 0.497 e. The maximum absolute atomic E-state index is 13.2. The Hall–Kier alpha value is -2.26. The quantitative estimate of drug-likeness (QED) is 0.628. The lowest BCUT2D eigenvalue weighted by Crippen LogP contribution is -2.73. The van der Waals surface area contributed by atoms with Crippen LogP contribution in [-0.2, 0) is 10.2 Å². The summed E-state index contributed by atoms with van der Waals surface area (Å²) in [5, 5.41) is 17.3. The van der Waals surface area contributed by atoms with Gasteiger partial charge in [-0.1, -0.05) is 6.07 Å². The highest BCUT2D eigenvalue weighted by Crippen LogP contribution is 2.57. The average Bonchev–Trinajstić information content (AvgIpc) is 2.99. The van der Waals surface area contributed by atoms with Crippen LogP contribution >= 0.6 is 0 Å². The number of urea groups is 1. The highest BCUT2D eigenvalue weighted by molar-refractivity contribution is 6.07. The molecule has 1 aromatic rings. The molecule has 4 atom stereocenters. The molecule has 2 saturated heterocycles. The summed E-state index contributed by atoms with van der Waals surface area (Å²) in [6, 6.07) is 4.49. The Morgan fingerprint density at radius 1 is 1.29 bits per heavy atom. The van der Waals surface area contributed by atoms with Crippen molar-refractivity contribution in [2.24, 2.45) is 0 Å². The molecule has 4 rings (SSSR count). The van der Waals surface area contributed by atoms with E-state index in [1.54, 1.807) is 18.9 Å². The number of fused-ring (bicyclic) bond motifs is 1. The van der Waals surface area contributed by atoms with Crippen LogP contribution in [-0.4, -0.2) is 65.8 Å². The van der Waals surface area contributed by atoms with Gasteiger partial charge in [-0.15, -0.1) is 0 Å². The number of benzene rings is 1. The van der Waals surface area contributed by atoms with Gasteiger partial charge in [-0.05, 0) is 69.3 Å². The van der Waals surface area contributed by atoms with E-state index >= 15 is 0 Å². The Labute approximate surface area is 180 Å². The van der Waals surface area contributed by atoms with Gasteiger partial charge in [0.05, 0.1) is 19.3 Å². The van der Waals surface area contributed by atoms with Crippen LogP contribution in [0.5, 0.6) is 5.75 Å². The molecular formula is C22H29F2N3O4. The van der Waals surface area contributed by atoms with Crippen molar-refractivity contribution in [3.63, 3.8) is 0 Å². The van der Waals surface area contributed by atoms with E-state index < -0.39 is 47.5 Å². The molecule has 0 radical (unpaired) electrons. The molecular weight excluding hydrogens is 408 g/mol. The molecule has 3 aliphatic rings. The van der Waals surface area contributed by atoms with Crippen LogP contribution in [0.2, 0.25) is 0 Å². The van der Waals surface area contributed by atoms with E-state index in [4.69, 9.17) is 4.74 Å². The van der Waals surface area contributed by atoms with Crippen LogP contribution in [0, 0.1) is 6.92 Å². The maximum atomic E-state index is 13.2. The summed E-state index contributed by atoms with van der Waals surface area (Å²) in [6.45, 7) is 3.63. The van der Waals surface area contributed by atoms with Gasteiger partial charge in [-0.3, -0.25) is 15.0 Å². The third-order valence-electron chi connectivity index (χ3n) is 7.78. The summed E-state index contributed by atoms with van der Waals surface area (Å²) in [5.41, 5.74) is -1.68. The first-order valence-electron chi connectivity index (χ1n) is 10.6. The number of piperidine rings is 1. The Morgan fingerprint density at radius 3 is 2.65 bits per heavy atom. The zero-order valence-corrected chi connectivity index (χ0v) is 18.0. The minimum atomic E-state index is -2.51. The van der Waals surface area contributed by atoms with Crippen molar-refractivity contribution in [3.05, 3.63) is 29.3 Å². The lowest BCUT2D eigenvalue weighted by Gasteiger charge is -2.62. The van der Waals surface area contributed by atoms with Crippen molar-refractivity contribution in [2.75, 3.05) is 20.2 Å². The molecule has 2 aliphatic heterocycles. The first kappa shape index (κ1) is 22.0. The lowest BCUT2D eigenvalue weighted by atomic mass is 9.49. The van der Waals surface area contributed by atoms with Crippen molar-refractivity contribution >= 4 is 11.9 Å². The van der Waals surface area contributed by atoms with E-state index in [2.05, 4.69) is 10.6 Å². The molecule has 1 saturated carbocycles. The van der Waals surface area contributed by atoms with E-state index in [-0.39, 0.29) is 19.3 Å². The number of imide groups is 1. The number of aryl methyl sites for hydroxylation is 1. The topological polar surface area (TPSA) is 90.9 Å². The fourth-order valence-electron chi connectivity index (χ4n) is 6.11. The van der Waals surface area contributed by atoms with Crippen molar-refractivity contribution in [1.82, 2.24) is 15.5 Å². The number of hydrogen-bond donors (Lipinski definition) is 3. The van der Waals surface area contributed by atoms with Gasteiger partial charge in [-0.2, -0.15) is 0 Å². The number of nitrogens with zero attached hydrogens (tertiary/aromatic N) is 1. The van der Waals surface area contributed by atoms with Crippen molar-refractivity contribution < 1.29 is 28.2 Å². The number of halogens is 2. The predicted octanol–water partition coefficient (Wildman–Crippen LogP) is 2.09. The van der Waals surface area contributed by atoms with Gasteiger partial charge in [0.25, 0.3) is 12.3 Å². The number of methoxy groups -OCH3 is 1. The molecule has 9 heteroatoms. The highest BCUT2D eigenvalue weighted by Gasteiger charge is 2.67. The summed E-state index contributed by atoms with van der Waals surface area (Å²) in [5.74, 6) is 0.210. The fourth-order valence-corrected chi connectivity index (χ4v) is 6.11. The SMILES string of the molecule is COc1ccc(C)c([C@]23CCN(CC(F)F)[C@H](C)[C@]2(O)CC[C@@]2(C3)NC(=O)NC2=O)c1. The van der Waals surface area contributed by atoms with Crippen molar-refractivity contribution in [1.29, 1.82) is 0 Å². The second kappa shape index (κ2) is 7.41. The molecule has 0 unspecified atom stereocenters. The second-order valence-electron chi connectivity index (χ2n) is 9.17. The van der Waals surface area contributed by atoms with Crippen molar-refractivity contribution in [3.8, 4) is 5.75 Å². The number of carbonyl (C=O) groups excluding carboxylic acids is 2. The maximum Gasteiger partial charge on any atom is 0.322 e. The van der Waals surface area contributed by atoms with Gasteiger partial charge in [0, 0.05) is 11.5 Å². The Kier molecular flexibility index (Phi) is 5.25. The summed E-state index contributed by atoms with van der Waals surface area (Å²) >= 11 is 0. The summed E-state index contributed by atoms with van der Waals surface area (Å²) < 4.78 is 31.9. The van der Waals surface area contributed by atoms with E-state index in [1.165, 1.54) is 0 Å². The third kappa shape index (κ3) is 3.20. The van der Waals surface area contributed by atoms with Crippen LogP contribution in [0.4, 0.5) is 13.6 Å². The van der Waals surface area contributed by atoms with Crippen LogP contribution in [0.25, 0.3) is 0 Å². The Balaban J connectivity index is 1.86. The van der Waals surface area contributed by atoms with Crippen LogP contribution < -0.4 is 15.4 Å². The average molecular weight is 437 g/mol. The van der Waals surface area contributed by atoms with Crippen LogP contribution in [0.3, 0.4) is 0 Å². The first-order valence-corrected chi connectivity index (χ1v) is 10.6. The van der Waals surface area contributed by atoms with E-state index in [1.807, 2.05) is 25.1 Å².